The van der Waals surface area contributed by atoms with Gasteiger partial charge in [-0.05, 0) is 48.7 Å². The molecule has 0 radical (unpaired) electrons. The van der Waals surface area contributed by atoms with Gasteiger partial charge in [0.05, 0.1) is 7.11 Å². The summed E-state index contributed by atoms with van der Waals surface area (Å²) in [6, 6.07) is 14.7. The van der Waals surface area contributed by atoms with Crippen molar-refractivity contribution in [2.75, 3.05) is 20.8 Å². The summed E-state index contributed by atoms with van der Waals surface area (Å²) in [6.45, 7) is 3.98. The van der Waals surface area contributed by atoms with Gasteiger partial charge in [0.2, 0.25) is 0 Å². The Morgan fingerprint density at radius 2 is 1.83 bits per heavy atom. The van der Waals surface area contributed by atoms with E-state index in [-0.39, 0.29) is 11.5 Å². The molecular weight excluding hydrogens is 368 g/mol. The van der Waals surface area contributed by atoms with Crippen molar-refractivity contribution in [1.29, 1.82) is 5.26 Å². The molecule has 0 fully saturated rings. The second-order valence-electron chi connectivity index (χ2n) is 6.70. The first-order chi connectivity index (χ1) is 13.8. The number of likely N-dealkylation sites (N-methyl/N-ethyl adjacent to an activating group) is 1. The van der Waals surface area contributed by atoms with Gasteiger partial charge in [0, 0.05) is 13.6 Å². The minimum atomic E-state index is -0.836. The van der Waals surface area contributed by atoms with Crippen molar-refractivity contribution in [1.82, 2.24) is 4.90 Å². The Morgan fingerprint density at radius 1 is 1.14 bits per heavy atom. The summed E-state index contributed by atoms with van der Waals surface area (Å²) in [7, 11) is 3.20. The Hall–Kier alpha value is -3.59. The summed E-state index contributed by atoms with van der Waals surface area (Å²) < 4.78 is 10.1. The lowest BCUT2D eigenvalue weighted by atomic mass is 10.1. The van der Waals surface area contributed by atoms with Crippen LogP contribution in [-0.2, 0) is 20.9 Å². The lowest BCUT2D eigenvalue weighted by Crippen LogP contribution is -2.31. The third kappa shape index (κ3) is 6.22. The average Bonchev–Trinajstić information content (AvgIpc) is 2.72. The SMILES string of the molecule is COc1ccc(/C=C(\C#N)C(=O)OCC(=O)N(C)Cc2ccc(C)cc2C)cc1. The molecule has 2 aromatic carbocycles. The molecule has 0 aliphatic rings. The maximum Gasteiger partial charge on any atom is 0.349 e. The zero-order valence-corrected chi connectivity index (χ0v) is 17.1. The molecule has 29 heavy (non-hydrogen) atoms. The minimum Gasteiger partial charge on any atom is -0.497 e. The van der Waals surface area contributed by atoms with Crippen molar-refractivity contribution >= 4 is 18.0 Å². The normalized spacial score (nSPS) is 10.8. The molecule has 0 spiro atoms. The molecule has 2 aromatic rings. The van der Waals surface area contributed by atoms with Gasteiger partial charge in [-0.25, -0.2) is 4.79 Å². The summed E-state index contributed by atoms with van der Waals surface area (Å²) in [5.74, 6) is -0.516. The largest absolute Gasteiger partial charge is 0.497 e. The number of benzene rings is 2. The van der Waals surface area contributed by atoms with Gasteiger partial charge in [-0.15, -0.1) is 0 Å². The summed E-state index contributed by atoms with van der Waals surface area (Å²) in [5, 5.41) is 9.24. The van der Waals surface area contributed by atoms with E-state index >= 15 is 0 Å². The smallest absolute Gasteiger partial charge is 0.349 e. The molecule has 0 aliphatic carbocycles. The van der Waals surface area contributed by atoms with Crippen molar-refractivity contribution in [3.05, 3.63) is 70.3 Å². The molecule has 0 unspecified atom stereocenters. The van der Waals surface area contributed by atoms with Gasteiger partial charge in [0.25, 0.3) is 5.91 Å². The van der Waals surface area contributed by atoms with Crippen LogP contribution in [-0.4, -0.2) is 37.5 Å². The molecule has 0 aromatic heterocycles. The predicted molar refractivity (Wildman–Crippen MR) is 110 cm³/mol. The minimum absolute atomic E-state index is 0.181. The van der Waals surface area contributed by atoms with Crippen LogP contribution < -0.4 is 4.74 Å². The zero-order chi connectivity index (χ0) is 21.4. The lowest BCUT2D eigenvalue weighted by molar-refractivity contribution is -0.148. The Bertz CT molecular complexity index is 956. The van der Waals surface area contributed by atoms with Gasteiger partial charge < -0.3 is 14.4 Å². The van der Waals surface area contributed by atoms with Crippen molar-refractivity contribution in [3.63, 3.8) is 0 Å². The third-order valence-electron chi connectivity index (χ3n) is 4.43. The third-order valence-corrected chi connectivity index (χ3v) is 4.43. The summed E-state index contributed by atoms with van der Waals surface area (Å²) >= 11 is 0. The van der Waals surface area contributed by atoms with Gasteiger partial charge >= 0.3 is 5.97 Å². The molecule has 6 nitrogen and oxygen atoms in total. The molecule has 0 bridgehead atoms. The van der Waals surface area contributed by atoms with Crippen LogP contribution in [0.2, 0.25) is 0 Å². The molecular formula is C23H24N2O4. The highest BCUT2D eigenvalue weighted by molar-refractivity contribution is 5.98. The van der Waals surface area contributed by atoms with Crippen molar-refractivity contribution in [2.45, 2.75) is 20.4 Å². The van der Waals surface area contributed by atoms with Gasteiger partial charge in [0.15, 0.2) is 6.61 Å². The highest BCUT2D eigenvalue weighted by Gasteiger charge is 2.16. The van der Waals surface area contributed by atoms with Crippen LogP contribution in [0.5, 0.6) is 5.75 Å². The zero-order valence-electron chi connectivity index (χ0n) is 17.1. The van der Waals surface area contributed by atoms with Gasteiger partial charge in [-0.2, -0.15) is 5.26 Å². The number of nitriles is 1. The number of carbonyl (C=O) groups excluding carboxylic acids is 2. The molecule has 6 heteroatoms. The molecule has 0 heterocycles. The number of esters is 1. The van der Waals surface area contributed by atoms with E-state index in [9.17, 15) is 14.9 Å². The number of aryl methyl sites for hydroxylation is 2. The van der Waals surface area contributed by atoms with Crippen molar-refractivity contribution in [3.8, 4) is 11.8 Å². The van der Waals surface area contributed by atoms with Crippen LogP contribution in [0, 0.1) is 25.2 Å². The first kappa shape index (κ1) is 21.7. The fourth-order valence-electron chi connectivity index (χ4n) is 2.69. The quantitative estimate of drug-likeness (QED) is 0.410. The second-order valence-corrected chi connectivity index (χ2v) is 6.70. The van der Waals surface area contributed by atoms with Crippen molar-refractivity contribution in [2.24, 2.45) is 0 Å². The first-order valence-electron chi connectivity index (χ1n) is 9.07. The number of hydrogen-bond acceptors (Lipinski definition) is 5. The molecule has 0 aliphatic heterocycles. The molecule has 0 N–H and O–H groups in total. The number of hydrogen-bond donors (Lipinski definition) is 0. The number of nitrogens with zero attached hydrogens (tertiary/aromatic N) is 2. The fraction of sp³-hybridized carbons (Fsp3) is 0.261. The number of ether oxygens (including phenoxy) is 2. The second kappa shape index (κ2) is 10.1. The van der Waals surface area contributed by atoms with E-state index in [1.807, 2.05) is 32.0 Å². The summed E-state index contributed by atoms with van der Waals surface area (Å²) in [6.07, 6.45) is 1.41. The fourth-order valence-corrected chi connectivity index (χ4v) is 2.69. The predicted octanol–water partition coefficient (Wildman–Crippen LogP) is 3.42. The van der Waals surface area contributed by atoms with Gasteiger partial charge in [-0.1, -0.05) is 35.9 Å². The summed E-state index contributed by atoms with van der Waals surface area (Å²) in [4.78, 5) is 26.0. The maximum atomic E-state index is 12.3. The summed E-state index contributed by atoms with van der Waals surface area (Å²) in [5.41, 5.74) is 3.74. The van der Waals surface area contributed by atoms with Crippen LogP contribution in [0.4, 0.5) is 0 Å². The highest BCUT2D eigenvalue weighted by Crippen LogP contribution is 2.15. The van der Waals surface area contributed by atoms with Crippen molar-refractivity contribution < 1.29 is 19.1 Å². The topological polar surface area (TPSA) is 79.6 Å². The maximum absolute atomic E-state index is 12.3. The van der Waals surface area contributed by atoms with Gasteiger partial charge in [-0.3, -0.25) is 4.79 Å². The van der Waals surface area contributed by atoms with Crippen LogP contribution in [0.25, 0.3) is 6.08 Å². The number of carbonyl (C=O) groups is 2. The van der Waals surface area contributed by atoms with E-state index in [1.165, 1.54) is 11.0 Å². The van der Waals surface area contributed by atoms with Gasteiger partial charge in [0.1, 0.15) is 17.4 Å². The molecule has 150 valence electrons. The number of methoxy groups -OCH3 is 1. The van der Waals surface area contributed by atoms with E-state index in [1.54, 1.807) is 38.4 Å². The van der Waals surface area contributed by atoms with E-state index in [2.05, 4.69) is 6.07 Å². The molecule has 1 amide bonds. The standard InChI is InChI=1S/C23H24N2O4/c1-16-5-8-19(17(2)11-16)14-25(3)22(26)15-29-23(27)20(13-24)12-18-6-9-21(28-4)10-7-18/h5-12H,14-15H2,1-4H3/b20-12+. The Kier molecular flexibility index (Phi) is 7.55. The lowest BCUT2D eigenvalue weighted by Gasteiger charge is -2.18. The molecule has 0 saturated carbocycles. The van der Waals surface area contributed by atoms with Crippen LogP contribution >= 0.6 is 0 Å². The molecule has 2 rings (SSSR count). The Labute approximate surface area is 171 Å². The number of rotatable bonds is 7. The van der Waals surface area contributed by atoms with Crippen LogP contribution in [0.15, 0.2) is 48.0 Å². The van der Waals surface area contributed by atoms with E-state index in [0.29, 0.717) is 17.9 Å². The van der Waals surface area contributed by atoms with E-state index in [0.717, 1.165) is 16.7 Å². The van der Waals surface area contributed by atoms with E-state index < -0.39 is 12.6 Å². The first-order valence-corrected chi connectivity index (χ1v) is 9.07. The highest BCUT2D eigenvalue weighted by atomic mass is 16.5. The Morgan fingerprint density at radius 3 is 2.41 bits per heavy atom. The Balaban J connectivity index is 1.95. The number of amides is 1. The average molecular weight is 392 g/mol. The van der Waals surface area contributed by atoms with Crippen LogP contribution in [0.3, 0.4) is 0 Å². The van der Waals surface area contributed by atoms with E-state index in [4.69, 9.17) is 9.47 Å². The molecule has 0 atom stereocenters. The van der Waals surface area contributed by atoms with Crippen LogP contribution in [0.1, 0.15) is 22.3 Å². The molecule has 0 saturated heterocycles. The monoisotopic (exact) mass is 392 g/mol.